The van der Waals surface area contributed by atoms with E-state index in [9.17, 15) is 4.79 Å². The van der Waals surface area contributed by atoms with Crippen LogP contribution in [-0.2, 0) is 13.1 Å². The topological polar surface area (TPSA) is 61.9 Å². The van der Waals surface area contributed by atoms with Crippen molar-refractivity contribution in [1.82, 2.24) is 19.9 Å². The van der Waals surface area contributed by atoms with Crippen LogP contribution in [0.25, 0.3) is 11.4 Å². The highest BCUT2D eigenvalue weighted by atomic mass is 16.1. The fraction of sp³-hybridized carbons (Fsp3) is 0.375. The van der Waals surface area contributed by atoms with E-state index in [0.717, 1.165) is 37.2 Å². The quantitative estimate of drug-likeness (QED) is 0.659. The van der Waals surface area contributed by atoms with Crippen LogP contribution in [0, 0.1) is 0 Å². The standard InChI is InChI=1S/C24H26N4O/c29-23-14-22(19-2-1-3-19)26-24(27-23)20-6-4-17(5-7-20)15-28(21-8-9-21)16-18-10-12-25-13-11-18/h4-7,10-14,19,21H,1-3,8-9,15-16H2,(H,26,27,29). The first kappa shape index (κ1) is 18.3. The molecule has 5 heteroatoms. The average Bonchev–Trinajstić information content (AvgIpc) is 3.52. The maximum absolute atomic E-state index is 12.1. The Hall–Kier alpha value is -2.79. The summed E-state index contributed by atoms with van der Waals surface area (Å²) in [4.78, 5) is 26.4. The molecule has 0 saturated heterocycles. The van der Waals surface area contributed by atoms with Crippen LogP contribution in [-0.4, -0.2) is 25.9 Å². The zero-order valence-corrected chi connectivity index (χ0v) is 16.6. The van der Waals surface area contributed by atoms with Crippen molar-refractivity contribution in [1.29, 1.82) is 0 Å². The van der Waals surface area contributed by atoms with Gasteiger partial charge in [-0.05, 0) is 48.9 Å². The van der Waals surface area contributed by atoms with Crippen molar-refractivity contribution < 1.29 is 0 Å². The molecule has 0 aliphatic heterocycles. The molecule has 2 aliphatic carbocycles. The zero-order valence-electron chi connectivity index (χ0n) is 16.6. The molecule has 1 aromatic carbocycles. The average molecular weight is 386 g/mol. The second kappa shape index (κ2) is 7.91. The lowest BCUT2D eigenvalue weighted by atomic mass is 9.83. The summed E-state index contributed by atoms with van der Waals surface area (Å²) in [5.41, 5.74) is 4.44. The molecule has 29 heavy (non-hydrogen) atoms. The van der Waals surface area contributed by atoms with Gasteiger partial charge in [-0.25, -0.2) is 4.98 Å². The third kappa shape index (κ3) is 4.30. The number of H-pyrrole nitrogens is 1. The fourth-order valence-corrected chi connectivity index (χ4v) is 4.01. The van der Waals surface area contributed by atoms with E-state index in [1.165, 1.54) is 30.4 Å². The van der Waals surface area contributed by atoms with Gasteiger partial charge in [0.2, 0.25) is 0 Å². The van der Waals surface area contributed by atoms with Gasteiger partial charge in [0.05, 0.1) is 5.69 Å². The van der Waals surface area contributed by atoms with Gasteiger partial charge in [0.1, 0.15) is 5.82 Å². The summed E-state index contributed by atoms with van der Waals surface area (Å²) in [6.07, 6.45) is 9.80. The second-order valence-electron chi connectivity index (χ2n) is 8.34. The van der Waals surface area contributed by atoms with E-state index in [1.54, 1.807) is 6.07 Å². The molecular formula is C24H26N4O. The number of aromatic amines is 1. The number of hydrogen-bond donors (Lipinski definition) is 1. The number of nitrogens with one attached hydrogen (secondary N) is 1. The van der Waals surface area contributed by atoms with E-state index < -0.39 is 0 Å². The number of aromatic nitrogens is 3. The highest BCUT2D eigenvalue weighted by Crippen LogP contribution is 2.35. The number of nitrogens with zero attached hydrogens (tertiary/aromatic N) is 3. The summed E-state index contributed by atoms with van der Waals surface area (Å²) in [6, 6.07) is 15.0. The summed E-state index contributed by atoms with van der Waals surface area (Å²) >= 11 is 0. The Balaban J connectivity index is 1.32. The Morgan fingerprint density at radius 1 is 0.931 bits per heavy atom. The van der Waals surface area contributed by atoms with Gasteiger partial charge in [0, 0.05) is 49.1 Å². The predicted octanol–water partition coefficient (Wildman–Crippen LogP) is 4.26. The van der Waals surface area contributed by atoms with Gasteiger partial charge in [-0.1, -0.05) is 30.7 Å². The van der Waals surface area contributed by atoms with Crippen LogP contribution in [0.3, 0.4) is 0 Å². The molecule has 0 unspecified atom stereocenters. The monoisotopic (exact) mass is 386 g/mol. The minimum absolute atomic E-state index is 0.0572. The number of hydrogen-bond acceptors (Lipinski definition) is 4. The lowest BCUT2D eigenvalue weighted by Crippen LogP contribution is -2.25. The molecule has 0 spiro atoms. The van der Waals surface area contributed by atoms with Crippen molar-refractivity contribution in [2.45, 2.75) is 57.2 Å². The van der Waals surface area contributed by atoms with Crippen molar-refractivity contribution in [2.75, 3.05) is 0 Å². The van der Waals surface area contributed by atoms with E-state index >= 15 is 0 Å². The van der Waals surface area contributed by atoms with Gasteiger partial charge in [0.15, 0.2) is 0 Å². The lowest BCUT2D eigenvalue weighted by Gasteiger charge is -2.24. The van der Waals surface area contributed by atoms with Gasteiger partial charge in [-0.15, -0.1) is 0 Å². The predicted molar refractivity (Wildman–Crippen MR) is 113 cm³/mol. The molecule has 0 radical (unpaired) electrons. The van der Waals surface area contributed by atoms with Crippen molar-refractivity contribution in [3.63, 3.8) is 0 Å². The highest BCUT2D eigenvalue weighted by Gasteiger charge is 2.29. The van der Waals surface area contributed by atoms with Crippen LogP contribution in [0.1, 0.15) is 54.8 Å². The van der Waals surface area contributed by atoms with E-state index in [1.807, 2.05) is 12.4 Å². The van der Waals surface area contributed by atoms with Gasteiger partial charge < -0.3 is 4.98 Å². The first-order chi connectivity index (χ1) is 14.2. The van der Waals surface area contributed by atoms with E-state index in [0.29, 0.717) is 17.8 Å². The third-order valence-corrected chi connectivity index (χ3v) is 6.10. The maximum atomic E-state index is 12.1. The Morgan fingerprint density at radius 2 is 1.62 bits per heavy atom. The normalized spacial score (nSPS) is 16.7. The molecular weight excluding hydrogens is 360 g/mol. The summed E-state index contributed by atoms with van der Waals surface area (Å²) < 4.78 is 0. The molecule has 1 N–H and O–H groups in total. The fourth-order valence-electron chi connectivity index (χ4n) is 4.01. The summed E-state index contributed by atoms with van der Waals surface area (Å²) in [5.74, 6) is 1.14. The molecule has 3 aromatic rings. The van der Waals surface area contributed by atoms with Crippen molar-refractivity contribution >= 4 is 0 Å². The number of rotatable bonds is 7. The Kier molecular flexibility index (Phi) is 4.98. The minimum atomic E-state index is -0.0572. The van der Waals surface area contributed by atoms with E-state index in [2.05, 4.69) is 51.3 Å². The van der Waals surface area contributed by atoms with Crippen molar-refractivity contribution in [3.05, 3.63) is 82.0 Å². The molecule has 0 atom stereocenters. The first-order valence-electron chi connectivity index (χ1n) is 10.6. The van der Waals surface area contributed by atoms with Crippen LogP contribution in [0.4, 0.5) is 0 Å². The SMILES string of the molecule is O=c1cc(C2CCC2)nc(-c2ccc(CN(Cc3ccncc3)C3CC3)cc2)[nH]1. The van der Waals surface area contributed by atoms with Crippen LogP contribution in [0.5, 0.6) is 0 Å². The minimum Gasteiger partial charge on any atom is -0.307 e. The Morgan fingerprint density at radius 3 is 2.24 bits per heavy atom. The molecule has 2 aliphatic rings. The molecule has 0 bridgehead atoms. The summed E-state index contributed by atoms with van der Waals surface area (Å²) in [7, 11) is 0. The van der Waals surface area contributed by atoms with Gasteiger partial charge >= 0.3 is 0 Å². The Bertz CT molecular complexity index is 1020. The van der Waals surface area contributed by atoms with Gasteiger partial charge in [0.25, 0.3) is 5.56 Å². The number of benzene rings is 1. The van der Waals surface area contributed by atoms with Crippen molar-refractivity contribution in [2.24, 2.45) is 0 Å². The van der Waals surface area contributed by atoms with Gasteiger partial charge in [-0.2, -0.15) is 0 Å². The summed E-state index contributed by atoms with van der Waals surface area (Å²) in [6.45, 7) is 1.88. The number of pyridine rings is 1. The molecule has 2 aromatic heterocycles. The molecule has 5 nitrogen and oxygen atoms in total. The third-order valence-electron chi connectivity index (χ3n) is 6.10. The highest BCUT2D eigenvalue weighted by molar-refractivity contribution is 5.55. The molecule has 0 amide bonds. The lowest BCUT2D eigenvalue weighted by molar-refractivity contribution is 0.245. The van der Waals surface area contributed by atoms with Gasteiger partial charge in [-0.3, -0.25) is 14.7 Å². The van der Waals surface area contributed by atoms with Crippen molar-refractivity contribution in [3.8, 4) is 11.4 Å². The zero-order chi connectivity index (χ0) is 19.6. The molecule has 2 saturated carbocycles. The van der Waals surface area contributed by atoms with Crippen LogP contribution in [0.15, 0.2) is 59.7 Å². The van der Waals surface area contributed by atoms with E-state index in [4.69, 9.17) is 4.98 Å². The summed E-state index contributed by atoms with van der Waals surface area (Å²) in [5, 5.41) is 0. The first-order valence-corrected chi connectivity index (χ1v) is 10.6. The van der Waals surface area contributed by atoms with Crippen LogP contribution in [0.2, 0.25) is 0 Å². The van der Waals surface area contributed by atoms with Crippen LogP contribution < -0.4 is 5.56 Å². The Labute approximate surface area is 170 Å². The molecule has 148 valence electrons. The molecule has 5 rings (SSSR count). The molecule has 2 fully saturated rings. The van der Waals surface area contributed by atoms with E-state index in [-0.39, 0.29) is 5.56 Å². The van der Waals surface area contributed by atoms with Crippen LogP contribution >= 0.6 is 0 Å². The molecule has 2 heterocycles. The largest absolute Gasteiger partial charge is 0.307 e. The maximum Gasteiger partial charge on any atom is 0.251 e. The smallest absolute Gasteiger partial charge is 0.251 e. The second-order valence-corrected chi connectivity index (χ2v) is 8.34.